The molecule has 150 valence electrons. The van der Waals surface area contributed by atoms with Gasteiger partial charge >= 0.3 is 0 Å². The van der Waals surface area contributed by atoms with Crippen LogP contribution in [0.25, 0.3) is 0 Å². The van der Waals surface area contributed by atoms with Gasteiger partial charge in [0.05, 0.1) is 43.5 Å². The molecule has 0 radical (unpaired) electrons. The first-order valence-electron chi connectivity index (χ1n) is 10.3. The highest BCUT2D eigenvalue weighted by molar-refractivity contribution is 7.10. The highest BCUT2D eigenvalue weighted by atomic mass is 32.1. The van der Waals surface area contributed by atoms with Gasteiger partial charge in [-0.15, -0.1) is 11.3 Å². The largest absolute Gasteiger partial charge is 0.376 e. The Morgan fingerprint density at radius 2 is 2.37 bits per heavy atom. The van der Waals surface area contributed by atoms with Crippen molar-refractivity contribution in [1.82, 2.24) is 15.5 Å². The summed E-state index contributed by atoms with van der Waals surface area (Å²) in [5, 5.41) is 9.22. The van der Waals surface area contributed by atoms with E-state index in [2.05, 4.69) is 46.9 Å². The van der Waals surface area contributed by atoms with E-state index >= 15 is 0 Å². The van der Waals surface area contributed by atoms with Crippen LogP contribution in [0.4, 0.5) is 0 Å². The minimum Gasteiger partial charge on any atom is -0.376 e. The van der Waals surface area contributed by atoms with E-state index in [-0.39, 0.29) is 6.10 Å². The van der Waals surface area contributed by atoms with E-state index in [4.69, 9.17) is 14.5 Å². The van der Waals surface area contributed by atoms with Crippen LogP contribution in [0.2, 0.25) is 0 Å². The lowest BCUT2D eigenvalue weighted by Crippen LogP contribution is -2.48. The monoisotopic (exact) mass is 392 g/mol. The molecule has 27 heavy (non-hydrogen) atoms. The number of fused-ring (bicyclic) bond motifs is 2. The SMILES string of the molecule is CCNC(=NCC(c1cccs1)N1CCOC(C)C1)NC1CC2CCC1O2. The summed E-state index contributed by atoms with van der Waals surface area (Å²) in [5.41, 5.74) is 0. The maximum atomic E-state index is 5.99. The Bertz CT molecular complexity index is 624. The number of aliphatic imine (C=N–C) groups is 1. The summed E-state index contributed by atoms with van der Waals surface area (Å²) in [7, 11) is 0. The first-order valence-corrected chi connectivity index (χ1v) is 11.2. The molecule has 4 rings (SSSR count). The third kappa shape index (κ3) is 4.65. The fraction of sp³-hybridized carbons (Fsp3) is 0.750. The number of rotatable bonds is 6. The maximum Gasteiger partial charge on any atom is 0.191 e. The van der Waals surface area contributed by atoms with E-state index in [0.717, 1.165) is 45.2 Å². The molecule has 2 bridgehead atoms. The molecule has 0 amide bonds. The number of thiophene rings is 1. The van der Waals surface area contributed by atoms with Gasteiger partial charge in [-0.2, -0.15) is 0 Å². The van der Waals surface area contributed by atoms with Gasteiger partial charge in [-0.1, -0.05) is 6.07 Å². The van der Waals surface area contributed by atoms with Gasteiger partial charge in [0.25, 0.3) is 0 Å². The third-order valence-corrected chi connectivity index (χ3v) is 6.75. The Hall–Kier alpha value is -1.15. The second-order valence-corrected chi connectivity index (χ2v) is 8.77. The first-order chi connectivity index (χ1) is 13.2. The predicted octanol–water partition coefficient (Wildman–Crippen LogP) is 2.38. The predicted molar refractivity (Wildman–Crippen MR) is 109 cm³/mol. The summed E-state index contributed by atoms with van der Waals surface area (Å²) in [5.74, 6) is 0.918. The minimum atomic E-state index is 0.280. The molecule has 1 aromatic heterocycles. The molecule has 1 aromatic rings. The van der Waals surface area contributed by atoms with Crippen molar-refractivity contribution in [3.8, 4) is 0 Å². The normalized spacial score (nSPS) is 32.6. The Labute approximate surface area is 166 Å². The van der Waals surface area contributed by atoms with Crippen molar-refractivity contribution in [2.75, 3.05) is 32.8 Å². The van der Waals surface area contributed by atoms with Crippen molar-refractivity contribution in [2.24, 2.45) is 4.99 Å². The molecule has 3 aliphatic rings. The van der Waals surface area contributed by atoms with Crippen LogP contribution in [-0.4, -0.2) is 68.0 Å². The number of nitrogens with zero attached hydrogens (tertiary/aromatic N) is 2. The van der Waals surface area contributed by atoms with Crippen molar-refractivity contribution in [2.45, 2.75) is 63.5 Å². The van der Waals surface area contributed by atoms with Gasteiger partial charge in [-0.3, -0.25) is 9.89 Å². The molecule has 3 saturated heterocycles. The van der Waals surface area contributed by atoms with Crippen LogP contribution < -0.4 is 10.6 Å². The average Bonchev–Trinajstić information content (AvgIpc) is 3.40. The van der Waals surface area contributed by atoms with E-state index < -0.39 is 0 Å². The number of morpholine rings is 1. The zero-order valence-electron chi connectivity index (χ0n) is 16.4. The molecule has 0 aromatic carbocycles. The molecule has 4 heterocycles. The van der Waals surface area contributed by atoms with Gasteiger partial charge in [-0.05, 0) is 44.6 Å². The van der Waals surface area contributed by atoms with E-state index in [1.54, 1.807) is 0 Å². The highest BCUT2D eigenvalue weighted by Gasteiger charge is 2.41. The number of nitrogens with one attached hydrogen (secondary N) is 2. The molecule has 3 fully saturated rings. The highest BCUT2D eigenvalue weighted by Crippen LogP contribution is 2.34. The maximum absolute atomic E-state index is 5.99. The van der Waals surface area contributed by atoms with Crippen molar-refractivity contribution >= 4 is 17.3 Å². The van der Waals surface area contributed by atoms with Crippen LogP contribution in [0.3, 0.4) is 0 Å². The number of hydrogen-bond acceptors (Lipinski definition) is 5. The lowest BCUT2D eigenvalue weighted by Gasteiger charge is -2.36. The smallest absolute Gasteiger partial charge is 0.191 e. The molecule has 7 heteroatoms. The summed E-state index contributed by atoms with van der Waals surface area (Å²) in [4.78, 5) is 8.88. The second-order valence-electron chi connectivity index (χ2n) is 7.79. The van der Waals surface area contributed by atoms with Gasteiger partial charge < -0.3 is 20.1 Å². The Kier molecular flexibility index (Phi) is 6.32. The van der Waals surface area contributed by atoms with Gasteiger partial charge in [0.15, 0.2) is 5.96 Å². The molecule has 5 atom stereocenters. The van der Waals surface area contributed by atoms with E-state index in [0.29, 0.717) is 24.3 Å². The fourth-order valence-corrected chi connectivity index (χ4v) is 5.31. The fourth-order valence-electron chi connectivity index (χ4n) is 4.46. The molecule has 0 aliphatic carbocycles. The van der Waals surface area contributed by atoms with E-state index in [1.165, 1.54) is 17.7 Å². The van der Waals surface area contributed by atoms with E-state index in [9.17, 15) is 0 Å². The summed E-state index contributed by atoms with van der Waals surface area (Å²) in [6, 6.07) is 5.07. The van der Waals surface area contributed by atoms with Gasteiger partial charge in [-0.25, -0.2) is 0 Å². The Morgan fingerprint density at radius 3 is 3.04 bits per heavy atom. The van der Waals surface area contributed by atoms with Crippen molar-refractivity contribution in [3.05, 3.63) is 22.4 Å². The van der Waals surface area contributed by atoms with Gasteiger partial charge in [0, 0.05) is 24.5 Å². The molecular weight excluding hydrogens is 360 g/mol. The topological polar surface area (TPSA) is 58.1 Å². The average molecular weight is 393 g/mol. The summed E-state index contributed by atoms with van der Waals surface area (Å²) in [6.07, 6.45) is 4.57. The van der Waals surface area contributed by atoms with Crippen LogP contribution in [0, 0.1) is 0 Å². The quantitative estimate of drug-likeness (QED) is 0.575. The van der Waals surface area contributed by atoms with Crippen molar-refractivity contribution in [1.29, 1.82) is 0 Å². The standard InChI is InChI=1S/C20H32N4O2S/c1-3-21-20(23-16-11-15-6-7-18(16)26-15)22-12-17(19-5-4-10-27-19)24-8-9-25-14(2)13-24/h4-5,10,14-18H,3,6-9,11-13H2,1-2H3,(H2,21,22,23). The third-order valence-electron chi connectivity index (χ3n) is 5.78. The summed E-state index contributed by atoms with van der Waals surface area (Å²) in [6.45, 7) is 8.62. The number of guanidine groups is 1. The minimum absolute atomic E-state index is 0.280. The van der Waals surface area contributed by atoms with Crippen molar-refractivity contribution < 1.29 is 9.47 Å². The van der Waals surface area contributed by atoms with E-state index in [1.807, 2.05) is 11.3 Å². The summed E-state index contributed by atoms with van der Waals surface area (Å²) >= 11 is 1.82. The first kappa shape index (κ1) is 19.2. The van der Waals surface area contributed by atoms with Gasteiger partial charge in [0.2, 0.25) is 0 Å². The molecule has 0 saturated carbocycles. The lowest BCUT2D eigenvalue weighted by atomic mass is 9.96. The van der Waals surface area contributed by atoms with Crippen LogP contribution >= 0.6 is 11.3 Å². The molecule has 2 N–H and O–H groups in total. The van der Waals surface area contributed by atoms with Crippen LogP contribution in [-0.2, 0) is 9.47 Å². The second kappa shape index (κ2) is 8.90. The Balaban J connectivity index is 1.44. The van der Waals surface area contributed by atoms with Crippen LogP contribution in [0.5, 0.6) is 0 Å². The van der Waals surface area contributed by atoms with Crippen LogP contribution in [0.15, 0.2) is 22.5 Å². The number of ether oxygens (including phenoxy) is 2. The zero-order chi connectivity index (χ0) is 18.6. The molecule has 0 spiro atoms. The van der Waals surface area contributed by atoms with Gasteiger partial charge in [0.1, 0.15) is 0 Å². The lowest BCUT2D eigenvalue weighted by molar-refractivity contribution is -0.0327. The Morgan fingerprint density at radius 1 is 1.44 bits per heavy atom. The van der Waals surface area contributed by atoms with Crippen molar-refractivity contribution in [3.63, 3.8) is 0 Å². The van der Waals surface area contributed by atoms with Crippen LogP contribution in [0.1, 0.15) is 44.0 Å². The number of hydrogen-bond donors (Lipinski definition) is 2. The summed E-state index contributed by atoms with van der Waals surface area (Å²) < 4.78 is 11.7. The molecule has 5 unspecified atom stereocenters. The molecular formula is C20H32N4O2S. The molecule has 6 nitrogen and oxygen atoms in total. The molecule has 3 aliphatic heterocycles. The zero-order valence-corrected chi connectivity index (χ0v) is 17.2.